The fourth-order valence-corrected chi connectivity index (χ4v) is 8.45. The molecular weight excluding hydrogens is 1000 g/mol. The summed E-state index contributed by atoms with van der Waals surface area (Å²) in [6, 6.07) is 33.3. The third-order valence-electron chi connectivity index (χ3n) is 12.5. The van der Waals surface area contributed by atoms with E-state index in [1.807, 2.05) is 0 Å². The molecule has 0 N–H and O–H groups in total. The van der Waals surface area contributed by atoms with E-state index in [4.69, 9.17) is 48.2 Å². The minimum atomic E-state index is -1.29. The van der Waals surface area contributed by atoms with Crippen molar-refractivity contribution in [2.75, 3.05) is 26.3 Å². The number of hydrogen-bond donors (Lipinski definition) is 0. The van der Waals surface area contributed by atoms with Crippen molar-refractivity contribution in [3.05, 3.63) is 188 Å². The molecule has 0 unspecified atom stereocenters. The molecule has 10 atom stereocenters. The third-order valence-corrected chi connectivity index (χ3v) is 12.5. The number of benzene rings is 4. The van der Waals surface area contributed by atoms with Crippen LogP contribution in [0.15, 0.2) is 144 Å². The second kappa shape index (κ2) is 27.3. The number of carbonyl (C=O) groups excluding carboxylic acids is 4. The molecule has 0 aliphatic carbocycles. The molecule has 2 fully saturated rings. The fourth-order valence-electron chi connectivity index (χ4n) is 8.45. The Balaban J connectivity index is 0.840. The van der Waals surface area contributed by atoms with Crippen LogP contribution in [0.3, 0.4) is 0 Å². The van der Waals surface area contributed by atoms with Gasteiger partial charge in [-0.3, -0.25) is 0 Å². The molecule has 2 saturated heterocycles. The quantitative estimate of drug-likeness (QED) is 0.0149. The molecule has 0 amide bonds. The Labute approximate surface area is 440 Å². The van der Waals surface area contributed by atoms with Crippen LogP contribution in [0.1, 0.15) is 66.7 Å². The minimum absolute atomic E-state index is 0.0691. The molecule has 77 heavy (non-hydrogen) atoms. The van der Waals surface area contributed by atoms with Crippen molar-refractivity contribution in [1.82, 2.24) is 30.0 Å². The van der Waals surface area contributed by atoms with Crippen LogP contribution in [-0.4, -0.2) is 129 Å². The van der Waals surface area contributed by atoms with Crippen molar-refractivity contribution in [2.45, 2.75) is 89.4 Å². The average molecular weight is 1060 g/mol. The summed E-state index contributed by atoms with van der Waals surface area (Å²) < 4.78 is 57.8. The van der Waals surface area contributed by atoms with Gasteiger partial charge in [-0.15, -0.1) is 10.2 Å². The van der Waals surface area contributed by atoms with Crippen LogP contribution in [0.25, 0.3) is 20.9 Å². The van der Waals surface area contributed by atoms with E-state index < -0.39 is 84.9 Å². The molecular formula is C52H54N12O13. The lowest BCUT2D eigenvalue weighted by molar-refractivity contribution is -0.283. The lowest BCUT2D eigenvalue weighted by Crippen LogP contribution is -2.58. The summed E-state index contributed by atoms with van der Waals surface area (Å²) in [7, 11) is 0. The maximum Gasteiger partial charge on any atom is 0.338 e. The van der Waals surface area contributed by atoms with E-state index in [2.05, 4.69) is 40.7 Å². The molecule has 4 heterocycles. The van der Waals surface area contributed by atoms with Gasteiger partial charge in [0.1, 0.15) is 29.7 Å². The molecule has 25 heteroatoms. The smallest absolute Gasteiger partial charge is 0.338 e. The van der Waals surface area contributed by atoms with Crippen molar-refractivity contribution < 1.29 is 61.8 Å². The number of nitrogens with zero attached hydrogens (tertiary/aromatic N) is 12. The Kier molecular flexibility index (Phi) is 19.4. The maximum atomic E-state index is 13.5. The highest BCUT2D eigenvalue weighted by atomic mass is 16.7. The normalized spacial score (nSPS) is 22.8. The zero-order chi connectivity index (χ0) is 53.9. The summed E-state index contributed by atoms with van der Waals surface area (Å²) in [4.78, 5) is 59.3. The molecule has 0 radical (unpaired) electrons. The molecule has 6 aromatic rings. The number of azide groups is 2. The number of esters is 4. The standard InChI is InChI=1S/C52H54N12O13/c1-33-41(27-55-59-53)72-52(46(77-50(68)38-21-13-6-14-22-38)43(33)74-47(65)35-15-7-3-8-16-35)71-32-40-30-64(62-58-40)24-26-69-25-23-63-29-39(57-61-63)31-70-51-34(2)44(75-48(66)36-17-9-4-10-18-36)45(42(73-51)28-56-60-54)76-49(67)37-19-11-5-12-20-37/h3-22,29-30,33-34,41-46,51-52H,23-28,31-32H2,1-2H3/t33-,34+,41-,42-,43+,44-,45-,46+,51+,52+/m1/s1. The fraction of sp³-hybridized carbons (Fsp3) is 0.385. The lowest BCUT2D eigenvalue weighted by atomic mass is 9.90. The first-order valence-electron chi connectivity index (χ1n) is 24.5. The molecule has 2 aliphatic heterocycles. The summed E-state index contributed by atoms with van der Waals surface area (Å²) in [6.45, 7) is 4.02. The van der Waals surface area contributed by atoms with Crippen LogP contribution >= 0.6 is 0 Å². The summed E-state index contributed by atoms with van der Waals surface area (Å²) in [6.07, 6.45) is -5.39. The number of ether oxygens (including phenoxy) is 9. The topological polar surface area (TPSA) is 310 Å². The number of carbonyl (C=O) groups is 4. The second-order valence-corrected chi connectivity index (χ2v) is 17.8. The highest BCUT2D eigenvalue weighted by Gasteiger charge is 2.50. The zero-order valence-corrected chi connectivity index (χ0v) is 41.8. The first kappa shape index (κ1) is 54.7. The minimum Gasteiger partial charge on any atom is -0.454 e. The van der Waals surface area contributed by atoms with Gasteiger partial charge < -0.3 is 42.6 Å². The van der Waals surface area contributed by atoms with Gasteiger partial charge in [-0.1, -0.05) is 107 Å². The van der Waals surface area contributed by atoms with Crippen molar-refractivity contribution in [1.29, 1.82) is 0 Å². The van der Waals surface area contributed by atoms with E-state index in [1.165, 1.54) is 0 Å². The van der Waals surface area contributed by atoms with Crippen molar-refractivity contribution in [2.24, 2.45) is 22.1 Å². The van der Waals surface area contributed by atoms with Crippen molar-refractivity contribution in [3.8, 4) is 0 Å². The Morgan fingerprint density at radius 3 is 1.34 bits per heavy atom. The number of rotatable bonds is 24. The maximum absolute atomic E-state index is 13.5. The van der Waals surface area contributed by atoms with Crippen molar-refractivity contribution in [3.63, 3.8) is 0 Å². The van der Waals surface area contributed by atoms with Crippen LogP contribution < -0.4 is 0 Å². The Bertz CT molecular complexity index is 2980. The van der Waals surface area contributed by atoms with Gasteiger partial charge in [0.15, 0.2) is 24.8 Å². The monoisotopic (exact) mass is 1050 g/mol. The van der Waals surface area contributed by atoms with Crippen LogP contribution in [0, 0.1) is 11.8 Å². The van der Waals surface area contributed by atoms with Gasteiger partial charge >= 0.3 is 23.9 Å². The van der Waals surface area contributed by atoms with Gasteiger partial charge in [-0.25, -0.2) is 28.5 Å². The van der Waals surface area contributed by atoms with Gasteiger partial charge in [0.2, 0.25) is 0 Å². The Morgan fingerprint density at radius 2 is 0.896 bits per heavy atom. The first-order chi connectivity index (χ1) is 37.6. The molecule has 25 nitrogen and oxygen atoms in total. The molecule has 4 aromatic carbocycles. The van der Waals surface area contributed by atoms with E-state index in [0.29, 0.717) is 24.5 Å². The van der Waals surface area contributed by atoms with Crippen LogP contribution in [0.4, 0.5) is 0 Å². The van der Waals surface area contributed by atoms with Crippen LogP contribution in [-0.2, 0) is 68.9 Å². The van der Waals surface area contributed by atoms with Crippen LogP contribution in [0.5, 0.6) is 0 Å². The summed E-state index contributed by atoms with van der Waals surface area (Å²) in [5, 5.41) is 24.2. The highest BCUT2D eigenvalue weighted by molar-refractivity contribution is 5.91. The molecule has 400 valence electrons. The largest absolute Gasteiger partial charge is 0.454 e. The summed E-state index contributed by atoms with van der Waals surface area (Å²) in [5.41, 5.74) is 20.3. The van der Waals surface area contributed by atoms with Crippen LogP contribution in [0.2, 0.25) is 0 Å². The van der Waals surface area contributed by atoms with E-state index in [0.717, 1.165) is 0 Å². The Morgan fingerprint density at radius 1 is 0.519 bits per heavy atom. The van der Waals surface area contributed by atoms with Crippen molar-refractivity contribution >= 4 is 23.9 Å². The predicted octanol–water partition coefficient (Wildman–Crippen LogP) is 6.86. The van der Waals surface area contributed by atoms with Gasteiger partial charge in [0, 0.05) is 21.7 Å². The van der Waals surface area contributed by atoms with Gasteiger partial charge in [-0.05, 0) is 59.6 Å². The van der Waals surface area contributed by atoms with Gasteiger partial charge in [0.25, 0.3) is 0 Å². The number of hydrogen-bond acceptors (Lipinski definition) is 19. The lowest BCUT2D eigenvalue weighted by Gasteiger charge is -2.44. The molecule has 0 saturated carbocycles. The Hall–Kier alpha value is -8.54. The average Bonchev–Trinajstić information content (AvgIpc) is 4.15. The van der Waals surface area contributed by atoms with E-state index >= 15 is 0 Å². The third kappa shape index (κ3) is 14.9. The predicted molar refractivity (Wildman–Crippen MR) is 267 cm³/mol. The SMILES string of the molecule is C[C@@H]1[C@@H](OCc2cn(CCOCCn3cc(CO[C@H]4O[C@H](CN=[N+]=[N-])[C@@H](C)[C@H](OC(=O)c5ccccc5)[C@@H]4OC(=O)c4ccccc4)nn3)nn2)O[C@H](CN=[N+]=[N-])[C@@H](OC(=O)c2ccccc2)[C@@H]1OC(=O)c1ccccc1. The van der Waals surface area contributed by atoms with E-state index in [9.17, 15) is 24.7 Å². The molecule has 2 aromatic heterocycles. The summed E-state index contributed by atoms with van der Waals surface area (Å²) >= 11 is 0. The molecule has 0 spiro atoms. The highest BCUT2D eigenvalue weighted by Crippen LogP contribution is 2.35. The van der Waals surface area contributed by atoms with E-state index in [1.54, 1.807) is 157 Å². The zero-order valence-electron chi connectivity index (χ0n) is 41.8. The van der Waals surface area contributed by atoms with Gasteiger partial charge in [0.05, 0.1) is 93.4 Å². The first-order valence-corrected chi connectivity index (χ1v) is 24.5. The molecule has 8 rings (SSSR count). The molecule has 0 bridgehead atoms. The summed E-state index contributed by atoms with van der Waals surface area (Å²) in [5.74, 6) is -3.99. The van der Waals surface area contributed by atoms with Gasteiger partial charge in [-0.2, -0.15) is 0 Å². The second-order valence-electron chi connectivity index (χ2n) is 17.8. The molecule has 2 aliphatic rings. The number of aromatic nitrogens is 6. The van der Waals surface area contributed by atoms with E-state index in [-0.39, 0.29) is 61.8 Å².